The number of halogens is 1. The van der Waals surface area contributed by atoms with Crippen molar-refractivity contribution in [3.8, 4) is 5.75 Å². The average molecular weight is 525 g/mol. The van der Waals surface area contributed by atoms with E-state index in [9.17, 15) is 19.2 Å². The van der Waals surface area contributed by atoms with Crippen molar-refractivity contribution in [2.24, 2.45) is 17.8 Å². The van der Waals surface area contributed by atoms with Gasteiger partial charge in [0, 0.05) is 23.1 Å². The van der Waals surface area contributed by atoms with Gasteiger partial charge in [-0.3, -0.25) is 19.2 Å². The Bertz CT molecular complexity index is 1150. The second-order valence-corrected chi connectivity index (χ2v) is 10.2. The summed E-state index contributed by atoms with van der Waals surface area (Å²) in [7, 11) is 0. The van der Waals surface area contributed by atoms with Gasteiger partial charge in [-0.1, -0.05) is 28.8 Å². The van der Waals surface area contributed by atoms with E-state index >= 15 is 0 Å². The van der Waals surface area contributed by atoms with Crippen LogP contribution in [0.2, 0.25) is 0 Å². The van der Waals surface area contributed by atoms with Crippen LogP contribution in [0.1, 0.15) is 37.7 Å². The highest BCUT2D eigenvalue weighted by Crippen LogP contribution is 2.41. The van der Waals surface area contributed by atoms with Crippen molar-refractivity contribution in [2.75, 3.05) is 16.3 Å². The average Bonchev–Trinajstić information content (AvgIpc) is 3.33. The fourth-order valence-electron chi connectivity index (χ4n) is 5.28. The number of aryl methyl sites for hydroxylation is 1. The first kappa shape index (κ1) is 22.8. The Kier molecular flexibility index (Phi) is 6.02. The summed E-state index contributed by atoms with van der Waals surface area (Å²) >= 11 is 3.38. The van der Waals surface area contributed by atoms with E-state index in [2.05, 4.69) is 15.9 Å². The van der Waals surface area contributed by atoms with E-state index < -0.39 is 11.9 Å². The molecule has 5 rings (SSSR count). The standard InChI is InChI=1S/C26H25BrN2O5/c1-15-12-19(10-11-22(15)29-24(31)20-4-2-3-5-21(20)25(29)32)34-26(33)16-13-23(30)28(14-16)18-8-6-17(27)7-9-18/h6-12,16,20-21H,2-5,13-14H2,1H3/t16-,20-,21-/m1/s1. The molecule has 8 heteroatoms. The minimum Gasteiger partial charge on any atom is -0.426 e. The number of rotatable bonds is 4. The molecule has 3 amide bonds. The van der Waals surface area contributed by atoms with E-state index in [4.69, 9.17) is 4.74 Å². The molecule has 7 nitrogen and oxygen atoms in total. The number of hydrogen-bond donors (Lipinski definition) is 0. The summed E-state index contributed by atoms with van der Waals surface area (Å²) in [6.45, 7) is 2.06. The van der Waals surface area contributed by atoms with Crippen molar-refractivity contribution < 1.29 is 23.9 Å². The predicted molar refractivity (Wildman–Crippen MR) is 129 cm³/mol. The molecule has 0 radical (unpaired) electrons. The van der Waals surface area contributed by atoms with Crippen LogP contribution in [-0.4, -0.2) is 30.2 Å². The van der Waals surface area contributed by atoms with Crippen molar-refractivity contribution >= 4 is 51.0 Å². The first-order valence-corrected chi connectivity index (χ1v) is 12.4. The van der Waals surface area contributed by atoms with Crippen LogP contribution in [0.4, 0.5) is 11.4 Å². The maximum atomic E-state index is 12.9. The van der Waals surface area contributed by atoms with Crippen LogP contribution < -0.4 is 14.5 Å². The monoisotopic (exact) mass is 524 g/mol. The molecule has 3 aliphatic rings. The molecule has 0 N–H and O–H groups in total. The van der Waals surface area contributed by atoms with Crippen molar-refractivity contribution in [3.05, 3.63) is 52.5 Å². The summed E-state index contributed by atoms with van der Waals surface area (Å²) in [5, 5.41) is 0. The lowest BCUT2D eigenvalue weighted by molar-refractivity contribution is -0.139. The van der Waals surface area contributed by atoms with E-state index in [0.717, 1.165) is 35.8 Å². The summed E-state index contributed by atoms with van der Waals surface area (Å²) in [6, 6.07) is 12.3. The van der Waals surface area contributed by atoms with Gasteiger partial charge in [-0.05, 0) is 67.8 Å². The third kappa shape index (κ3) is 4.04. The highest BCUT2D eigenvalue weighted by atomic mass is 79.9. The summed E-state index contributed by atoms with van der Waals surface area (Å²) in [6.07, 6.45) is 3.57. The normalized spacial score (nSPS) is 24.5. The number of benzene rings is 2. The van der Waals surface area contributed by atoms with Gasteiger partial charge in [0.25, 0.3) is 0 Å². The van der Waals surface area contributed by atoms with Gasteiger partial charge in [0.1, 0.15) is 5.75 Å². The predicted octanol–water partition coefficient (Wildman–Crippen LogP) is 4.40. The van der Waals surface area contributed by atoms with Crippen LogP contribution in [0, 0.1) is 24.7 Å². The Morgan fingerprint density at radius 3 is 2.24 bits per heavy atom. The Balaban J connectivity index is 1.28. The molecule has 1 saturated carbocycles. The lowest BCUT2D eigenvalue weighted by atomic mass is 9.81. The smallest absolute Gasteiger partial charge is 0.316 e. The molecule has 176 valence electrons. The highest BCUT2D eigenvalue weighted by molar-refractivity contribution is 9.10. The fourth-order valence-corrected chi connectivity index (χ4v) is 5.54. The lowest BCUT2D eigenvalue weighted by Gasteiger charge is -2.19. The van der Waals surface area contributed by atoms with Crippen LogP contribution in [0.15, 0.2) is 46.9 Å². The van der Waals surface area contributed by atoms with Crippen molar-refractivity contribution in [1.82, 2.24) is 0 Å². The number of amides is 3. The molecule has 2 aromatic carbocycles. The van der Waals surface area contributed by atoms with Crippen molar-refractivity contribution in [3.63, 3.8) is 0 Å². The molecular weight excluding hydrogens is 500 g/mol. The number of fused-ring (bicyclic) bond motifs is 1. The van der Waals surface area contributed by atoms with Crippen LogP contribution in [0.3, 0.4) is 0 Å². The van der Waals surface area contributed by atoms with E-state index in [1.54, 1.807) is 30.0 Å². The summed E-state index contributed by atoms with van der Waals surface area (Å²) in [5.74, 6) is -1.51. The zero-order valence-electron chi connectivity index (χ0n) is 18.8. The molecule has 0 unspecified atom stereocenters. The molecule has 3 fully saturated rings. The Morgan fingerprint density at radius 1 is 0.971 bits per heavy atom. The second-order valence-electron chi connectivity index (χ2n) is 9.26. The summed E-state index contributed by atoms with van der Waals surface area (Å²) in [4.78, 5) is 54.0. The number of ether oxygens (including phenoxy) is 1. The quantitative estimate of drug-likeness (QED) is 0.336. The van der Waals surface area contributed by atoms with E-state index in [0.29, 0.717) is 17.0 Å². The number of carbonyl (C=O) groups is 4. The number of carbonyl (C=O) groups excluding carboxylic acids is 4. The number of nitrogens with zero attached hydrogens (tertiary/aromatic N) is 2. The molecule has 0 aromatic heterocycles. The number of imide groups is 1. The summed E-state index contributed by atoms with van der Waals surface area (Å²) in [5.41, 5.74) is 1.97. The van der Waals surface area contributed by atoms with Crippen LogP contribution in [-0.2, 0) is 19.2 Å². The molecule has 2 saturated heterocycles. The molecule has 3 atom stereocenters. The first-order chi connectivity index (χ1) is 16.3. The zero-order chi connectivity index (χ0) is 24.0. The molecular formula is C26H25BrN2O5. The SMILES string of the molecule is Cc1cc(OC(=O)[C@@H]2CC(=O)N(c3ccc(Br)cc3)C2)ccc1N1C(=O)[C@@H]2CCCC[C@H]2C1=O. The minimum absolute atomic E-state index is 0.0888. The third-order valence-corrected chi connectivity index (χ3v) is 7.59. The van der Waals surface area contributed by atoms with E-state index in [1.165, 1.54) is 4.90 Å². The van der Waals surface area contributed by atoms with Gasteiger partial charge in [-0.15, -0.1) is 0 Å². The highest BCUT2D eigenvalue weighted by Gasteiger charge is 2.49. The second kappa shape index (κ2) is 8.98. The topological polar surface area (TPSA) is 84.0 Å². The zero-order valence-corrected chi connectivity index (χ0v) is 20.4. The molecule has 1 aliphatic carbocycles. The molecule has 0 spiro atoms. The fraction of sp³-hybridized carbons (Fsp3) is 0.385. The number of esters is 1. The lowest BCUT2D eigenvalue weighted by Crippen LogP contribution is -2.31. The Labute approximate surface area is 206 Å². The van der Waals surface area contributed by atoms with E-state index in [-0.39, 0.29) is 42.5 Å². The van der Waals surface area contributed by atoms with Crippen molar-refractivity contribution in [2.45, 2.75) is 39.0 Å². The van der Waals surface area contributed by atoms with Crippen LogP contribution in [0.5, 0.6) is 5.75 Å². The summed E-state index contributed by atoms with van der Waals surface area (Å²) < 4.78 is 6.49. The maximum Gasteiger partial charge on any atom is 0.316 e. The first-order valence-electron chi connectivity index (χ1n) is 11.6. The Morgan fingerprint density at radius 2 is 1.62 bits per heavy atom. The van der Waals surface area contributed by atoms with Crippen LogP contribution in [0.25, 0.3) is 0 Å². The molecule has 2 aliphatic heterocycles. The van der Waals surface area contributed by atoms with Gasteiger partial charge >= 0.3 is 5.97 Å². The van der Waals surface area contributed by atoms with Gasteiger partial charge in [0.15, 0.2) is 0 Å². The maximum absolute atomic E-state index is 12.9. The minimum atomic E-state index is -0.569. The largest absolute Gasteiger partial charge is 0.426 e. The van der Waals surface area contributed by atoms with Crippen molar-refractivity contribution in [1.29, 1.82) is 0 Å². The van der Waals surface area contributed by atoms with Gasteiger partial charge in [-0.2, -0.15) is 0 Å². The molecule has 2 aromatic rings. The molecule has 0 bridgehead atoms. The van der Waals surface area contributed by atoms with Crippen LogP contribution >= 0.6 is 15.9 Å². The van der Waals surface area contributed by atoms with Gasteiger partial charge in [0.05, 0.1) is 23.4 Å². The number of hydrogen-bond acceptors (Lipinski definition) is 5. The van der Waals surface area contributed by atoms with Gasteiger partial charge in [-0.25, -0.2) is 4.90 Å². The number of anilines is 2. The van der Waals surface area contributed by atoms with Gasteiger partial charge < -0.3 is 9.64 Å². The third-order valence-electron chi connectivity index (χ3n) is 7.07. The van der Waals surface area contributed by atoms with Gasteiger partial charge in [0.2, 0.25) is 17.7 Å². The van der Waals surface area contributed by atoms with E-state index in [1.807, 2.05) is 24.3 Å². The molecule has 2 heterocycles. The Hall–Kier alpha value is -3.00. The molecule has 34 heavy (non-hydrogen) atoms.